The van der Waals surface area contributed by atoms with Crippen LogP contribution in [-0.2, 0) is 4.74 Å². The number of benzene rings is 1. The van der Waals surface area contributed by atoms with Gasteiger partial charge in [0.1, 0.15) is 17.5 Å². The number of nitrogens with one attached hydrogen (secondary N) is 1. The second-order valence-electron chi connectivity index (χ2n) is 7.04. The fraction of sp³-hybridized carbons (Fsp3) is 0.529. The third-order valence-electron chi connectivity index (χ3n) is 3.85. The average Bonchev–Trinajstić information content (AvgIpc) is 3.09. The Morgan fingerprint density at radius 2 is 1.88 bits per heavy atom. The molecule has 0 aliphatic carbocycles. The Morgan fingerprint density at radius 3 is 2.44 bits per heavy atom. The van der Waals surface area contributed by atoms with Crippen molar-refractivity contribution in [3.63, 3.8) is 0 Å². The van der Waals surface area contributed by atoms with Crippen molar-refractivity contribution in [2.75, 3.05) is 13.1 Å². The molecule has 1 amide bonds. The summed E-state index contributed by atoms with van der Waals surface area (Å²) in [6, 6.07) is 7.59. The molecule has 0 bridgehead atoms. The number of carbonyl (C=O) groups excluding carboxylic acids is 1. The molecule has 8 nitrogen and oxygen atoms in total. The van der Waals surface area contributed by atoms with E-state index in [-0.39, 0.29) is 12.2 Å². The van der Waals surface area contributed by atoms with Crippen LogP contribution in [-0.4, -0.2) is 56.4 Å². The molecule has 0 unspecified atom stereocenters. The normalized spacial score (nSPS) is 15.9. The van der Waals surface area contributed by atoms with Gasteiger partial charge in [-0.05, 0) is 50.3 Å². The maximum Gasteiger partial charge on any atom is 0.410 e. The number of H-pyrrole nitrogens is 1. The van der Waals surface area contributed by atoms with E-state index in [0.717, 1.165) is 24.2 Å². The molecule has 1 aromatic carbocycles. The highest BCUT2D eigenvalue weighted by Crippen LogP contribution is 2.23. The van der Waals surface area contributed by atoms with Crippen molar-refractivity contribution in [3.05, 3.63) is 24.3 Å². The zero-order chi connectivity index (χ0) is 17.9. The van der Waals surface area contributed by atoms with Gasteiger partial charge in [-0.1, -0.05) is 0 Å². The predicted molar refractivity (Wildman–Crippen MR) is 91.1 cm³/mol. The minimum atomic E-state index is -0.467. The molecule has 134 valence electrons. The first-order valence-electron chi connectivity index (χ1n) is 8.39. The van der Waals surface area contributed by atoms with E-state index in [1.807, 2.05) is 45.0 Å². The van der Waals surface area contributed by atoms with Crippen LogP contribution in [0.5, 0.6) is 5.75 Å². The number of likely N-dealkylation sites (tertiary alicyclic amines) is 1. The van der Waals surface area contributed by atoms with E-state index in [1.54, 1.807) is 4.90 Å². The molecule has 1 aromatic heterocycles. The minimum absolute atomic E-state index is 0.0923. The smallest absolute Gasteiger partial charge is 0.410 e. The van der Waals surface area contributed by atoms with Gasteiger partial charge in [0.2, 0.25) is 5.82 Å². The molecule has 0 saturated carbocycles. The molecule has 0 radical (unpaired) electrons. The molecule has 1 saturated heterocycles. The maximum atomic E-state index is 12.1. The van der Waals surface area contributed by atoms with Crippen LogP contribution < -0.4 is 4.74 Å². The van der Waals surface area contributed by atoms with Crippen molar-refractivity contribution in [1.82, 2.24) is 25.5 Å². The second-order valence-corrected chi connectivity index (χ2v) is 7.04. The minimum Gasteiger partial charge on any atom is -0.490 e. The van der Waals surface area contributed by atoms with Gasteiger partial charge in [0.15, 0.2) is 0 Å². The number of carbonyl (C=O) groups is 1. The number of hydrogen-bond donors (Lipinski definition) is 1. The number of hydrogen-bond acceptors (Lipinski definition) is 6. The summed E-state index contributed by atoms with van der Waals surface area (Å²) in [5.41, 5.74) is 0.408. The molecule has 1 fully saturated rings. The van der Waals surface area contributed by atoms with E-state index in [9.17, 15) is 4.79 Å². The van der Waals surface area contributed by atoms with Gasteiger partial charge >= 0.3 is 6.09 Å². The Balaban J connectivity index is 1.50. The molecule has 1 aliphatic heterocycles. The number of aromatic amines is 1. The van der Waals surface area contributed by atoms with Crippen LogP contribution in [0, 0.1) is 0 Å². The number of piperidine rings is 1. The van der Waals surface area contributed by atoms with Gasteiger partial charge in [-0.25, -0.2) is 4.79 Å². The van der Waals surface area contributed by atoms with Gasteiger partial charge in [0.05, 0.1) is 0 Å². The maximum absolute atomic E-state index is 12.1. The lowest BCUT2D eigenvalue weighted by Gasteiger charge is -2.33. The van der Waals surface area contributed by atoms with Crippen LogP contribution in [0.2, 0.25) is 0 Å². The third-order valence-corrected chi connectivity index (χ3v) is 3.85. The molecule has 25 heavy (non-hydrogen) atoms. The van der Waals surface area contributed by atoms with Gasteiger partial charge in [0.25, 0.3) is 0 Å². The van der Waals surface area contributed by atoms with Crippen molar-refractivity contribution >= 4 is 6.09 Å². The van der Waals surface area contributed by atoms with E-state index < -0.39 is 5.60 Å². The molecule has 2 aromatic rings. The van der Waals surface area contributed by atoms with Gasteiger partial charge in [-0.3, -0.25) is 0 Å². The fourth-order valence-corrected chi connectivity index (χ4v) is 2.64. The van der Waals surface area contributed by atoms with Crippen LogP contribution in [0.3, 0.4) is 0 Å². The molecule has 0 spiro atoms. The summed E-state index contributed by atoms with van der Waals surface area (Å²) in [6.07, 6.45) is 1.41. The van der Waals surface area contributed by atoms with Crippen LogP contribution >= 0.6 is 0 Å². The average molecular weight is 345 g/mol. The zero-order valence-corrected chi connectivity index (χ0v) is 14.7. The number of aromatic nitrogens is 4. The lowest BCUT2D eigenvalue weighted by atomic mass is 10.1. The summed E-state index contributed by atoms with van der Waals surface area (Å²) in [5.74, 6) is 1.35. The molecule has 3 rings (SSSR count). The molecule has 8 heteroatoms. The Kier molecular flexibility index (Phi) is 4.87. The molecule has 2 heterocycles. The highest BCUT2D eigenvalue weighted by molar-refractivity contribution is 5.68. The first-order valence-corrected chi connectivity index (χ1v) is 8.39. The van der Waals surface area contributed by atoms with Crippen LogP contribution in [0.15, 0.2) is 24.3 Å². The standard InChI is InChI=1S/C17H23N5O3/c1-17(2,3)25-16(23)22-10-8-14(9-11-22)24-13-6-4-12(5-7-13)15-18-20-21-19-15/h4-7,14H,8-11H2,1-3H3,(H,18,19,20,21). The van der Waals surface area contributed by atoms with E-state index in [0.29, 0.717) is 18.9 Å². The molecular formula is C17H23N5O3. The number of rotatable bonds is 3. The van der Waals surface area contributed by atoms with Gasteiger partial charge in [-0.15, -0.1) is 10.2 Å². The van der Waals surface area contributed by atoms with E-state index in [2.05, 4.69) is 20.6 Å². The number of amides is 1. The SMILES string of the molecule is CC(C)(C)OC(=O)N1CCC(Oc2ccc(-c3nn[nH]n3)cc2)CC1. The predicted octanol–water partition coefficient (Wildman–Crippen LogP) is 2.65. The van der Waals surface area contributed by atoms with Crippen molar-refractivity contribution in [3.8, 4) is 17.1 Å². The van der Waals surface area contributed by atoms with E-state index in [4.69, 9.17) is 9.47 Å². The van der Waals surface area contributed by atoms with Gasteiger partial charge in [0, 0.05) is 31.5 Å². The summed E-state index contributed by atoms with van der Waals surface area (Å²) in [6.45, 7) is 6.90. The third kappa shape index (κ3) is 4.68. The summed E-state index contributed by atoms with van der Waals surface area (Å²) >= 11 is 0. The van der Waals surface area contributed by atoms with Crippen LogP contribution in [0.4, 0.5) is 4.79 Å². The van der Waals surface area contributed by atoms with Crippen molar-refractivity contribution in [1.29, 1.82) is 0 Å². The van der Waals surface area contributed by atoms with Crippen molar-refractivity contribution in [2.45, 2.75) is 45.3 Å². The lowest BCUT2D eigenvalue weighted by molar-refractivity contribution is 0.0126. The summed E-state index contributed by atoms with van der Waals surface area (Å²) in [7, 11) is 0. The molecular weight excluding hydrogens is 322 g/mol. The van der Waals surface area contributed by atoms with Crippen LogP contribution in [0.25, 0.3) is 11.4 Å². The van der Waals surface area contributed by atoms with Crippen molar-refractivity contribution < 1.29 is 14.3 Å². The zero-order valence-electron chi connectivity index (χ0n) is 14.7. The Morgan fingerprint density at radius 1 is 1.20 bits per heavy atom. The monoisotopic (exact) mass is 345 g/mol. The van der Waals surface area contributed by atoms with E-state index in [1.165, 1.54) is 0 Å². The molecule has 1 N–H and O–H groups in total. The number of tetrazole rings is 1. The summed E-state index contributed by atoms with van der Waals surface area (Å²) < 4.78 is 11.4. The fourth-order valence-electron chi connectivity index (χ4n) is 2.64. The summed E-state index contributed by atoms with van der Waals surface area (Å²) in [5, 5.41) is 13.9. The summed E-state index contributed by atoms with van der Waals surface area (Å²) in [4.78, 5) is 13.8. The Hall–Kier alpha value is -2.64. The Bertz CT molecular complexity index is 686. The van der Waals surface area contributed by atoms with Crippen LogP contribution in [0.1, 0.15) is 33.6 Å². The largest absolute Gasteiger partial charge is 0.490 e. The van der Waals surface area contributed by atoms with E-state index >= 15 is 0 Å². The molecule has 1 aliphatic rings. The molecule has 0 atom stereocenters. The first-order chi connectivity index (χ1) is 11.9. The number of nitrogens with zero attached hydrogens (tertiary/aromatic N) is 4. The quantitative estimate of drug-likeness (QED) is 0.919. The van der Waals surface area contributed by atoms with Crippen molar-refractivity contribution in [2.24, 2.45) is 0 Å². The number of ether oxygens (including phenoxy) is 2. The lowest BCUT2D eigenvalue weighted by Crippen LogP contribution is -2.44. The van der Waals surface area contributed by atoms with Gasteiger partial charge in [-0.2, -0.15) is 5.21 Å². The highest BCUT2D eigenvalue weighted by atomic mass is 16.6. The first kappa shape index (κ1) is 17.2. The van der Waals surface area contributed by atoms with Gasteiger partial charge < -0.3 is 14.4 Å². The highest BCUT2D eigenvalue weighted by Gasteiger charge is 2.27. The Labute approximate surface area is 146 Å². The topological polar surface area (TPSA) is 93.2 Å². The second kappa shape index (κ2) is 7.08.